The zero-order valence-corrected chi connectivity index (χ0v) is 10.6. The Morgan fingerprint density at radius 1 is 1.44 bits per heavy atom. The first-order valence-electron chi connectivity index (χ1n) is 6.34. The molecule has 0 aromatic heterocycles. The van der Waals surface area contributed by atoms with E-state index in [1.165, 1.54) is 12.8 Å². The van der Waals surface area contributed by atoms with Crippen LogP contribution in [0.5, 0.6) is 0 Å². The van der Waals surface area contributed by atoms with E-state index in [0.717, 1.165) is 32.7 Å². The Labute approximate surface area is 99.2 Å². The van der Waals surface area contributed by atoms with Gasteiger partial charge in [-0.05, 0) is 37.1 Å². The number of nitriles is 1. The SMILES string of the molecule is CC(C)COCCCNCC1(CC#N)CC1. The molecule has 0 aliphatic heterocycles. The molecule has 0 radical (unpaired) electrons. The van der Waals surface area contributed by atoms with Crippen molar-refractivity contribution in [3.63, 3.8) is 0 Å². The second-order valence-electron chi connectivity index (χ2n) is 5.33. The second kappa shape index (κ2) is 6.88. The van der Waals surface area contributed by atoms with E-state index in [1.54, 1.807) is 0 Å². The molecule has 1 fully saturated rings. The van der Waals surface area contributed by atoms with Gasteiger partial charge in [0.2, 0.25) is 0 Å². The Morgan fingerprint density at radius 3 is 2.75 bits per heavy atom. The number of ether oxygens (including phenoxy) is 1. The molecule has 1 aliphatic rings. The Kier molecular flexibility index (Phi) is 5.79. The zero-order valence-electron chi connectivity index (χ0n) is 10.6. The molecule has 0 aromatic rings. The molecule has 1 saturated carbocycles. The van der Waals surface area contributed by atoms with Gasteiger partial charge in [0.1, 0.15) is 0 Å². The van der Waals surface area contributed by atoms with E-state index in [-0.39, 0.29) is 0 Å². The largest absolute Gasteiger partial charge is 0.381 e. The molecule has 0 spiro atoms. The topological polar surface area (TPSA) is 45.0 Å². The third-order valence-corrected chi connectivity index (χ3v) is 3.00. The monoisotopic (exact) mass is 224 g/mol. The van der Waals surface area contributed by atoms with Gasteiger partial charge in [-0.25, -0.2) is 0 Å². The minimum Gasteiger partial charge on any atom is -0.381 e. The summed E-state index contributed by atoms with van der Waals surface area (Å²) in [5, 5.41) is 12.1. The molecule has 0 heterocycles. The van der Waals surface area contributed by atoms with Crippen molar-refractivity contribution in [3.8, 4) is 6.07 Å². The van der Waals surface area contributed by atoms with Gasteiger partial charge >= 0.3 is 0 Å². The summed E-state index contributed by atoms with van der Waals surface area (Å²) < 4.78 is 5.50. The highest BCUT2D eigenvalue weighted by molar-refractivity contribution is 5.00. The maximum atomic E-state index is 8.67. The molecular formula is C13H24N2O. The summed E-state index contributed by atoms with van der Waals surface area (Å²) >= 11 is 0. The first-order valence-corrected chi connectivity index (χ1v) is 6.34. The fourth-order valence-electron chi connectivity index (χ4n) is 1.73. The van der Waals surface area contributed by atoms with E-state index in [4.69, 9.17) is 10.00 Å². The third kappa shape index (κ3) is 5.48. The van der Waals surface area contributed by atoms with Gasteiger partial charge in [-0.2, -0.15) is 5.26 Å². The Balaban J connectivity index is 1.87. The number of hydrogen-bond acceptors (Lipinski definition) is 3. The highest BCUT2D eigenvalue weighted by atomic mass is 16.5. The van der Waals surface area contributed by atoms with Crippen LogP contribution in [0.2, 0.25) is 0 Å². The van der Waals surface area contributed by atoms with Crippen LogP contribution in [-0.2, 0) is 4.74 Å². The number of nitrogens with one attached hydrogen (secondary N) is 1. The number of nitrogens with zero attached hydrogens (tertiary/aromatic N) is 1. The van der Waals surface area contributed by atoms with Gasteiger partial charge in [-0.1, -0.05) is 13.8 Å². The Hall–Kier alpha value is -0.590. The molecule has 1 N–H and O–H groups in total. The van der Waals surface area contributed by atoms with E-state index in [2.05, 4.69) is 25.2 Å². The summed E-state index contributed by atoms with van der Waals surface area (Å²) in [6, 6.07) is 2.28. The van der Waals surface area contributed by atoms with Gasteiger partial charge in [0, 0.05) is 26.2 Å². The van der Waals surface area contributed by atoms with Crippen molar-refractivity contribution < 1.29 is 4.74 Å². The van der Waals surface area contributed by atoms with Crippen molar-refractivity contribution >= 4 is 0 Å². The molecular weight excluding hydrogens is 200 g/mol. The van der Waals surface area contributed by atoms with Crippen molar-refractivity contribution in [2.45, 2.75) is 39.5 Å². The maximum absolute atomic E-state index is 8.67. The fraction of sp³-hybridized carbons (Fsp3) is 0.923. The van der Waals surface area contributed by atoms with Crippen LogP contribution in [0.4, 0.5) is 0 Å². The van der Waals surface area contributed by atoms with Crippen LogP contribution in [0, 0.1) is 22.7 Å². The number of hydrogen-bond donors (Lipinski definition) is 1. The van der Waals surface area contributed by atoms with Crippen molar-refractivity contribution in [2.75, 3.05) is 26.3 Å². The molecule has 0 amide bonds. The van der Waals surface area contributed by atoms with Gasteiger partial charge in [0.05, 0.1) is 6.07 Å². The molecule has 3 heteroatoms. The molecule has 0 bridgehead atoms. The third-order valence-electron chi connectivity index (χ3n) is 3.00. The number of rotatable bonds is 9. The minimum atomic E-state index is 0.327. The highest BCUT2D eigenvalue weighted by Gasteiger charge is 2.41. The molecule has 16 heavy (non-hydrogen) atoms. The van der Waals surface area contributed by atoms with Crippen LogP contribution in [0.15, 0.2) is 0 Å². The van der Waals surface area contributed by atoms with Crippen molar-refractivity contribution in [1.82, 2.24) is 5.32 Å². The van der Waals surface area contributed by atoms with Crippen LogP contribution in [-0.4, -0.2) is 26.3 Å². The van der Waals surface area contributed by atoms with Gasteiger partial charge in [0.25, 0.3) is 0 Å². The molecule has 0 atom stereocenters. The zero-order chi connectivity index (χ0) is 11.9. The predicted octanol–water partition coefficient (Wildman–Crippen LogP) is 2.33. The molecule has 0 unspecified atom stereocenters. The first-order chi connectivity index (χ1) is 7.68. The first kappa shape index (κ1) is 13.5. The maximum Gasteiger partial charge on any atom is 0.0628 e. The van der Waals surface area contributed by atoms with Crippen LogP contribution < -0.4 is 5.32 Å². The van der Waals surface area contributed by atoms with Crippen LogP contribution in [0.25, 0.3) is 0 Å². The standard InChI is InChI=1S/C13H24N2O/c1-12(2)10-16-9-3-8-15-11-13(4-5-13)6-7-14/h12,15H,3-6,8-11H2,1-2H3. The molecule has 1 rings (SSSR count). The molecule has 0 saturated heterocycles. The molecule has 0 aromatic carbocycles. The smallest absolute Gasteiger partial charge is 0.0628 e. The van der Waals surface area contributed by atoms with Crippen LogP contribution in [0.3, 0.4) is 0 Å². The summed E-state index contributed by atoms with van der Waals surface area (Å²) in [6.45, 7) is 8.04. The molecule has 1 aliphatic carbocycles. The van der Waals surface area contributed by atoms with E-state index >= 15 is 0 Å². The van der Waals surface area contributed by atoms with Gasteiger partial charge in [0.15, 0.2) is 0 Å². The lowest BCUT2D eigenvalue weighted by molar-refractivity contribution is 0.107. The van der Waals surface area contributed by atoms with Crippen LogP contribution in [0.1, 0.15) is 39.5 Å². The summed E-state index contributed by atoms with van der Waals surface area (Å²) in [5.74, 6) is 0.623. The van der Waals surface area contributed by atoms with Gasteiger partial charge in [-0.3, -0.25) is 0 Å². The van der Waals surface area contributed by atoms with E-state index < -0.39 is 0 Å². The predicted molar refractivity (Wildman–Crippen MR) is 65.0 cm³/mol. The summed E-state index contributed by atoms with van der Waals surface area (Å²) in [7, 11) is 0. The molecule has 92 valence electrons. The quantitative estimate of drug-likeness (QED) is 0.611. The van der Waals surface area contributed by atoms with Gasteiger partial charge < -0.3 is 10.1 Å². The van der Waals surface area contributed by atoms with Gasteiger partial charge in [-0.15, -0.1) is 0 Å². The van der Waals surface area contributed by atoms with E-state index in [9.17, 15) is 0 Å². The molecule has 3 nitrogen and oxygen atoms in total. The average molecular weight is 224 g/mol. The van der Waals surface area contributed by atoms with E-state index in [1.807, 2.05) is 0 Å². The van der Waals surface area contributed by atoms with E-state index in [0.29, 0.717) is 17.8 Å². The lowest BCUT2D eigenvalue weighted by Gasteiger charge is -2.12. The minimum absolute atomic E-state index is 0.327. The summed E-state index contributed by atoms with van der Waals surface area (Å²) in [6.07, 6.45) is 4.22. The lowest BCUT2D eigenvalue weighted by Crippen LogP contribution is -2.25. The summed E-state index contributed by atoms with van der Waals surface area (Å²) in [5.41, 5.74) is 0.327. The van der Waals surface area contributed by atoms with Crippen molar-refractivity contribution in [2.24, 2.45) is 11.3 Å². The fourth-order valence-corrected chi connectivity index (χ4v) is 1.73. The average Bonchev–Trinajstić information content (AvgIpc) is 2.97. The summed E-state index contributed by atoms with van der Waals surface area (Å²) in [4.78, 5) is 0. The lowest BCUT2D eigenvalue weighted by atomic mass is 10.0. The second-order valence-corrected chi connectivity index (χ2v) is 5.33. The van der Waals surface area contributed by atoms with Crippen LogP contribution >= 0.6 is 0 Å². The Bertz CT molecular complexity index is 229. The Morgan fingerprint density at radius 2 is 2.19 bits per heavy atom. The van der Waals surface area contributed by atoms with Crippen molar-refractivity contribution in [3.05, 3.63) is 0 Å². The normalized spacial score (nSPS) is 17.4. The van der Waals surface area contributed by atoms with Crippen molar-refractivity contribution in [1.29, 1.82) is 5.26 Å². The highest BCUT2D eigenvalue weighted by Crippen LogP contribution is 2.47.